The third kappa shape index (κ3) is 5.19. The molecule has 2 aromatic rings. The minimum atomic E-state index is -0.462. The summed E-state index contributed by atoms with van der Waals surface area (Å²) >= 11 is 1.68. The molecule has 1 saturated heterocycles. The SMILES string of the molecule is C#C.Cc1nc2cc(OC[C@H](O)CN3CCNCC3)ccc2s1. The average molecular weight is 333 g/mol. The summed E-state index contributed by atoms with van der Waals surface area (Å²) in [5, 5.41) is 14.4. The Morgan fingerprint density at radius 3 is 2.87 bits per heavy atom. The summed E-state index contributed by atoms with van der Waals surface area (Å²) in [5.41, 5.74) is 0.964. The first-order chi connectivity index (χ1) is 11.2. The number of terminal acetylenes is 1. The van der Waals surface area contributed by atoms with Crippen LogP contribution >= 0.6 is 11.3 Å². The van der Waals surface area contributed by atoms with Gasteiger partial charge in [0, 0.05) is 38.8 Å². The molecule has 0 radical (unpaired) electrons. The van der Waals surface area contributed by atoms with Crippen molar-refractivity contribution in [2.75, 3.05) is 39.3 Å². The van der Waals surface area contributed by atoms with Gasteiger partial charge < -0.3 is 15.2 Å². The molecule has 6 heteroatoms. The van der Waals surface area contributed by atoms with E-state index < -0.39 is 6.10 Å². The van der Waals surface area contributed by atoms with E-state index >= 15 is 0 Å². The van der Waals surface area contributed by atoms with Crippen molar-refractivity contribution >= 4 is 21.6 Å². The first-order valence-corrected chi connectivity index (χ1v) is 8.47. The maximum Gasteiger partial charge on any atom is 0.121 e. The van der Waals surface area contributed by atoms with Gasteiger partial charge in [-0.25, -0.2) is 4.98 Å². The summed E-state index contributed by atoms with van der Waals surface area (Å²) in [6.45, 7) is 6.95. The van der Waals surface area contributed by atoms with Gasteiger partial charge in [0.25, 0.3) is 0 Å². The molecule has 0 saturated carbocycles. The van der Waals surface area contributed by atoms with E-state index in [1.807, 2.05) is 25.1 Å². The van der Waals surface area contributed by atoms with Crippen LogP contribution in [-0.4, -0.2) is 60.4 Å². The molecule has 0 aliphatic carbocycles. The topological polar surface area (TPSA) is 57.6 Å². The van der Waals surface area contributed by atoms with Crippen LogP contribution in [0.3, 0.4) is 0 Å². The van der Waals surface area contributed by atoms with Crippen molar-refractivity contribution in [2.45, 2.75) is 13.0 Å². The van der Waals surface area contributed by atoms with Crippen molar-refractivity contribution in [3.8, 4) is 18.6 Å². The van der Waals surface area contributed by atoms with Gasteiger partial charge in [0.2, 0.25) is 0 Å². The number of nitrogens with one attached hydrogen (secondary N) is 1. The predicted octanol–water partition coefficient (Wildman–Crippen LogP) is 1.50. The highest BCUT2D eigenvalue weighted by Gasteiger charge is 2.14. The summed E-state index contributed by atoms with van der Waals surface area (Å²) in [6, 6.07) is 5.91. The largest absolute Gasteiger partial charge is 0.491 e. The fraction of sp³-hybridized carbons (Fsp3) is 0.471. The molecule has 1 fully saturated rings. The van der Waals surface area contributed by atoms with E-state index in [4.69, 9.17) is 4.74 Å². The van der Waals surface area contributed by atoms with Crippen molar-refractivity contribution < 1.29 is 9.84 Å². The number of aliphatic hydroxyl groups is 1. The molecule has 124 valence electrons. The number of nitrogens with zero attached hydrogens (tertiary/aromatic N) is 2. The molecule has 1 atom stereocenters. The monoisotopic (exact) mass is 333 g/mol. The van der Waals surface area contributed by atoms with Crippen molar-refractivity contribution in [1.29, 1.82) is 0 Å². The highest BCUT2D eigenvalue weighted by Crippen LogP contribution is 2.25. The number of aliphatic hydroxyl groups excluding tert-OH is 1. The first-order valence-electron chi connectivity index (χ1n) is 7.65. The lowest BCUT2D eigenvalue weighted by Crippen LogP contribution is -2.47. The maximum atomic E-state index is 10.1. The van der Waals surface area contributed by atoms with Gasteiger partial charge in [0.1, 0.15) is 18.5 Å². The van der Waals surface area contributed by atoms with Gasteiger partial charge in [-0.2, -0.15) is 0 Å². The Morgan fingerprint density at radius 1 is 1.39 bits per heavy atom. The maximum absolute atomic E-state index is 10.1. The minimum Gasteiger partial charge on any atom is -0.491 e. The van der Waals surface area contributed by atoms with Crippen LogP contribution in [0.15, 0.2) is 18.2 Å². The Bertz CT molecular complexity index is 635. The van der Waals surface area contributed by atoms with Crippen LogP contribution in [0.25, 0.3) is 10.2 Å². The Labute approximate surface area is 141 Å². The van der Waals surface area contributed by atoms with Crippen LogP contribution in [0, 0.1) is 19.8 Å². The van der Waals surface area contributed by atoms with Gasteiger partial charge in [0.05, 0.1) is 15.2 Å². The number of ether oxygens (including phenoxy) is 1. The Balaban J connectivity index is 0.000000924. The lowest BCUT2D eigenvalue weighted by molar-refractivity contribution is 0.0642. The Hall–Kier alpha value is -1.65. The normalized spacial score (nSPS) is 16.5. The van der Waals surface area contributed by atoms with E-state index in [0.717, 1.165) is 42.5 Å². The van der Waals surface area contributed by atoms with Crippen LogP contribution < -0.4 is 10.1 Å². The summed E-state index contributed by atoms with van der Waals surface area (Å²) in [4.78, 5) is 6.72. The number of β-amino-alcohol motifs (C(OH)–C–C–N with tert-alkyl or cyclic N) is 1. The zero-order valence-corrected chi connectivity index (χ0v) is 14.2. The second-order valence-electron chi connectivity index (χ2n) is 5.38. The van der Waals surface area contributed by atoms with Crippen LogP contribution in [-0.2, 0) is 0 Å². The van der Waals surface area contributed by atoms with E-state index in [-0.39, 0.29) is 0 Å². The highest BCUT2D eigenvalue weighted by atomic mass is 32.1. The number of hydrogen-bond donors (Lipinski definition) is 2. The van der Waals surface area contributed by atoms with Crippen LogP contribution in [0.4, 0.5) is 0 Å². The number of aryl methyl sites for hydroxylation is 1. The minimum absolute atomic E-state index is 0.318. The molecule has 2 heterocycles. The zero-order chi connectivity index (χ0) is 16.7. The number of piperazine rings is 1. The van der Waals surface area contributed by atoms with Crippen molar-refractivity contribution in [3.63, 3.8) is 0 Å². The van der Waals surface area contributed by atoms with Crippen molar-refractivity contribution in [2.24, 2.45) is 0 Å². The van der Waals surface area contributed by atoms with Gasteiger partial charge in [-0.1, -0.05) is 0 Å². The van der Waals surface area contributed by atoms with Crippen LogP contribution in [0.5, 0.6) is 5.75 Å². The first kappa shape index (κ1) is 17.7. The number of benzene rings is 1. The summed E-state index contributed by atoms with van der Waals surface area (Å²) in [6.07, 6.45) is 7.54. The number of fused-ring (bicyclic) bond motifs is 1. The Kier molecular flexibility index (Phi) is 6.81. The lowest BCUT2D eigenvalue weighted by Gasteiger charge is -2.28. The number of aromatic nitrogens is 1. The fourth-order valence-electron chi connectivity index (χ4n) is 2.55. The van der Waals surface area contributed by atoms with Gasteiger partial charge >= 0.3 is 0 Å². The molecule has 1 aliphatic rings. The standard InChI is InChI=1S/C15H21N3O2S.C2H2/c1-11-17-14-8-13(2-3-15(14)21-11)20-10-12(19)9-18-6-4-16-5-7-18;1-2/h2-3,8,12,16,19H,4-7,9-10H2,1H3;1-2H/t12-;/m1./s1. The highest BCUT2D eigenvalue weighted by molar-refractivity contribution is 7.18. The van der Waals surface area contributed by atoms with Crippen molar-refractivity contribution in [3.05, 3.63) is 23.2 Å². The molecular weight excluding hydrogens is 310 g/mol. The second kappa shape index (κ2) is 8.85. The van der Waals surface area contributed by atoms with Crippen LogP contribution in [0.2, 0.25) is 0 Å². The smallest absolute Gasteiger partial charge is 0.121 e. The van der Waals surface area contributed by atoms with E-state index in [0.29, 0.717) is 13.2 Å². The van der Waals surface area contributed by atoms with E-state index in [1.54, 1.807) is 11.3 Å². The Morgan fingerprint density at radius 2 is 2.13 bits per heavy atom. The third-order valence-electron chi connectivity index (χ3n) is 3.59. The van der Waals surface area contributed by atoms with E-state index in [1.165, 1.54) is 4.70 Å². The van der Waals surface area contributed by atoms with Crippen molar-refractivity contribution in [1.82, 2.24) is 15.2 Å². The summed E-state index contributed by atoms with van der Waals surface area (Å²) in [7, 11) is 0. The van der Waals surface area contributed by atoms with E-state index in [9.17, 15) is 5.11 Å². The zero-order valence-electron chi connectivity index (χ0n) is 13.4. The molecule has 0 bridgehead atoms. The molecule has 0 amide bonds. The molecule has 0 unspecified atom stereocenters. The molecule has 3 rings (SSSR count). The number of rotatable bonds is 5. The number of thiazole rings is 1. The molecule has 1 aromatic heterocycles. The lowest BCUT2D eigenvalue weighted by atomic mass is 10.3. The molecular formula is C17H23N3O2S. The number of hydrogen-bond acceptors (Lipinski definition) is 6. The summed E-state index contributed by atoms with van der Waals surface area (Å²) < 4.78 is 6.87. The second-order valence-corrected chi connectivity index (χ2v) is 6.61. The molecule has 23 heavy (non-hydrogen) atoms. The molecule has 1 aromatic carbocycles. The quantitative estimate of drug-likeness (QED) is 0.812. The summed E-state index contributed by atoms with van der Waals surface area (Å²) in [5.74, 6) is 0.771. The van der Waals surface area contributed by atoms with Gasteiger partial charge in [-0.05, 0) is 19.1 Å². The molecule has 2 N–H and O–H groups in total. The molecule has 5 nitrogen and oxygen atoms in total. The predicted molar refractivity (Wildman–Crippen MR) is 95.1 cm³/mol. The third-order valence-corrected chi connectivity index (χ3v) is 4.54. The molecule has 0 spiro atoms. The van der Waals surface area contributed by atoms with Gasteiger partial charge in [0.15, 0.2) is 0 Å². The van der Waals surface area contributed by atoms with E-state index in [2.05, 4.69) is 28.0 Å². The average Bonchev–Trinajstić information content (AvgIpc) is 2.95. The van der Waals surface area contributed by atoms with Gasteiger partial charge in [-0.3, -0.25) is 4.90 Å². The van der Waals surface area contributed by atoms with Crippen LogP contribution in [0.1, 0.15) is 5.01 Å². The van der Waals surface area contributed by atoms with Gasteiger partial charge in [-0.15, -0.1) is 24.2 Å². The molecule has 1 aliphatic heterocycles. The fourth-order valence-corrected chi connectivity index (χ4v) is 3.36.